The Bertz CT molecular complexity index is 218. The summed E-state index contributed by atoms with van der Waals surface area (Å²) in [4.78, 5) is 1.67. The molecule has 0 fully saturated rings. The van der Waals surface area contributed by atoms with Gasteiger partial charge >= 0.3 is 0 Å². The quantitative estimate of drug-likeness (QED) is 0.493. The van der Waals surface area contributed by atoms with Crippen LogP contribution in [0.2, 0.25) is 0 Å². The summed E-state index contributed by atoms with van der Waals surface area (Å²) in [5, 5.41) is 5.66. The van der Waals surface area contributed by atoms with E-state index in [2.05, 4.69) is 25.9 Å². The first-order chi connectivity index (χ1) is 7.65. The molecule has 0 aromatic carbocycles. The number of alkyl halides is 1. The van der Waals surface area contributed by atoms with Crippen LogP contribution in [0.1, 0.15) is 46.5 Å². The van der Waals surface area contributed by atoms with Crippen LogP contribution >= 0.6 is 0 Å². The van der Waals surface area contributed by atoms with Gasteiger partial charge in [0.25, 0.3) is 6.42 Å². The number of rotatable bonds is 7. The van der Waals surface area contributed by atoms with E-state index in [0.29, 0.717) is 5.92 Å². The molecule has 0 bridgehead atoms. The maximum atomic E-state index is 13.8. The first kappa shape index (κ1) is 13.3. The first-order valence-corrected chi connectivity index (χ1v) is 6.35. The number of nitrogens with zero attached hydrogens (tertiary/aromatic N) is 3. The van der Waals surface area contributed by atoms with Gasteiger partial charge in [-0.1, -0.05) is 40.0 Å². The van der Waals surface area contributed by atoms with Gasteiger partial charge < -0.3 is 4.90 Å². The highest BCUT2D eigenvalue weighted by Crippen LogP contribution is 2.16. The van der Waals surface area contributed by atoms with E-state index in [9.17, 15) is 4.39 Å². The molecular formula is C12H24FN3. The van der Waals surface area contributed by atoms with Crippen molar-refractivity contribution in [2.45, 2.75) is 52.9 Å². The third kappa shape index (κ3) is 3.99. The molecule has 0 aliphatic carbocycles. The maximum absolute atomic E-state index is 13.8. The van der Waals surface area contributed by atoms with Crippen LogP contribution in [0, 0.1) is 5.92 Å². The summed E-state index contributed by atoms with van der Waals surface area (Å²) in [7, 11) is 0. The molecule has 0 aromatic heterocycles. The second-order valence-electron chi connectivity index (χ2n) is 4.86. The molecule has 0 saturated carbocycles. The second kappa shape index (κ2) is 6.71. The zero-order valence-corrected chi connectivity index (χ0v) is 10.7. The average Bonchev–Trinajstić information content (AvgIpc) is 2.56. The molecule has 1 heterocycles. The Labute approximate surface area is 98.3 Å². The molecule has 0 amide bonds. The van der Waals surface area contributed by atoms with E-state index in [1.807, 2.05) is 0 Å². The van der Waals surface area contributed by atoms with E-state index < -0.39 is 6.42 Å². The van der Waals surface area contributed by atoms with Crippen molar-refractivity contribution in [1.82, 2.24) is 9.91 Å². The van der Waals surface area contributed by atoms with Crippen molar-refractivity contribution in [3.8, 4) is 0 Å². The van der Waals surface area contributed by atoms with Gasteiger partial charge in [0, 0.05) is 13.1 Å². The van der Waals surface area contributed by atoms with Crippen molar-refractivity contribution in [3.05, 3.63) is 0 Å². The molecule has 94 valence electrons. The lowest BCUT2D eigenvalue weighted by Crippen LogP contribution is -2.38. The summed E-state index contributed by atoms with van der Waals surface area (Å²) in [6.45, 7) is 7.81. The Balaban J connectivity index is 2.23. The lowest BCUT2D eigenvalue weighted by Gasteiger charge is -2.25. The summed E-state index contributed by atoms with van der Waals surface area (Å²) < 4.78 is 13.8. The normalized spacial score (nSPS) is 20.2. The highest BCUT2D eigenvalue weighted by Gasteiger charge is 2.26. The molecule has 0 aromatic rings. The third-order valence-corrected chi connectivity index (χ3v) is 2.68. The van der Waals surface area contributed by atoms with Gasteiger partial charge in [-0.2, -0.15) is 9.49 Å². The van der Waals surface area contributed by atoms with Crippen LogP contribution in [0.5, 0.6) is 0 Å². The predicted molar refractivity (Wildman–Crippen MR) is 65.8 cm³/mol. The fourth-order valence-corrected chi connectivity index (χ4v) is 1.83. The van der Waals surface area contributed by atoms with Gasteiger partial charge in [-0.3, -0.25) is 0 Å². The molecule has 4 heteroatoms. The Morgan fingerprint density at radius 2 is 2.06 bits per heavy atom. The van der Waals surface area contributed by atoms with Crippen molar-refractivity contribution in [1.29, 1.82) is 0 Å². The Kier molecular flexibility index (Phi) is 5.56. The number of hydrazone groups is 1. The second-order valence-corrected chi connectivity index (χ2v) is 4.86. The smallest absolute Gasteiger partial charge is 0.265 e. The number of halogens is 1. The van der Waals surface area contributed by atoms with E-state index in [0.717, 1.165) is 19.5 Å². The highest BCUT2D eigenvalue weighted by molar-refractivity contribution is 5.56. The average molecular weight is 229 g/mol. The van der Waals surface area contributed by atoms with Gasteiger partial charge in [0.05, 0.1) is 0 Å². The molecule has 3 nitrogen and oxygen atoms in total. The van der Waals surface area contributed by atoms with Gasteiger partial charge in [-0.05, 0) is 12.3 Å². The molecule has 1 aliphatic rings. The van der Waals surface area contributed by atoms with Gasteiger partial charge in [-0.15, -0.1) is 0 Å². The van der Waals surface area contributed by atoms with Gasteiger partial charge in [-0.25, -0.2) is 5.01 Å². The summed E-state index contributed by atoms with van der Waals surface area (Å²) in [5.74, 6) is 0.463. The molecule has 0 saturated heterocycles. The molecule has 0 radical (unpaired) electrons. The molecule has 1 aliphatic heterocycles. The van der Waals surface area contributed by atoms with E-state index in [1.165, 1.54) is 19.3 Å². The lowest BCUT2D eigenvalue weighted by molar-refractivity contribution is 0.00987. The lowest BCUT2D eigenvalue weighted by atomic mass is 10.2. The SMILES string of the molecule is CCCCCCN1N=CN(CC(C)C)C1F. The van der Waals surface area contributed by atoms with Gasteiger partial charge in [0.15, 0.2) is 0 Å². The van der Waals surface area contributed by atoms with Crippen molar-refractivity contribution >= 4 is 6.34 Å². The van der Waals surface area contributed by atoms with Crippen LogP contribution in [0.15, 0.2) is 5.10 Å². The molecule has 16 heavy (non-hydrogen) atoms. The summed E-state index contributed by atoms with van der Waals surface area (Å²) in [6.07, 6.45) is 5.21. The minimum absolute atomic E-state index is 0.463. The highest BCUT2D eigenvalue weighted by atomic mass is 19.1. The maximum Gasteiger partial charge on any atom is 0.265 e. The monoisotopic (exact) mass is 229 g/mol. The molecule has 1 atom stereocenters. The van der Waals surface area contributed by atoms with Crippen molar-refractivity contribution in [3.63, 3.8) is 0 Å². The van der Waals surface area contributed by atoms with Crippen molar-refractivity contribution in [2.75, 3.05) is 13.1 Å². The molecule has 0 N–H and O–H groups in total. The largest absolute Gasteiger partial charge is 0.313 e. The minimum atomic E-state index is -1.05. The number of hydrogen-bond donors (Lipinski definition) is 0. The number of hydrogen-bond acceptors (Lipinski definition) is 3. The predicted octanol–water partition coefficient (Wildman–Crippen LogP) is 3.04. The number of unbranched alkanes of at least 4 members (excludes halogenated alkanes) is 3. The van der Waals surface area contributed by atoms with Crippen molar-refractivity contribution in [2.24, 2.45) is 11.0 Å². The fourth-order valence-electron chi connectivity index (χ4n) is 1.83. The van der Waals surface area contributed by atoms with E-state index in [4.69, 9.17) is 0 Å². The van der Waals surface area contributed by atoms with Crippen LogP contribution in [-0.4, -0.2) is 35.8 Å². The molecular weight excluding hydrogens is 205 g/mol. The van der Waals surface area contributed by atoms with Crippen LogP contribution in [0.25, 0.3) is 0 Å². The third-order valence-electron chi connectivity index (χ3n) is 2.68. The molecule has 0 spiro atoms. The first-order valence-electron chi connectivity index (χ1n) is 6.35. The van der Waals surface area contributed by atoms with E-state index in [1.54, 1.807) is 16.2 Å². The Morgan fingerprint density at radius 3 is 2.69 bits per heavy atom. The minimum Gasteiger partial charge on any atom is -0.313 e. The van der Waals surface area contributed by atoms with E-state index in [-0.39, 0.29) is 0 Å². The van der Waals surface area contributed by atoms with Crippen molar-refractivity contribution < 1.29 is 4.39 Å². The standard InChI is InChI=1S/C12H24FN3/c1-4-5-6-7-8-16-12(13)15(10-14-16)9-11(2)3/h10-12H,4-9H2,1-3H3. The van der Waals surface area contributed by atoms with E-state index >= 15 is 0 Å². The zero-order valence-electron chi connectivity index (χ0n) is 10.7. The topological polar surface area (TPSA) is 18.8 Å². The molecule has 1 unspecified atom stereocenters. The zero-order chi connectivity index (χ0) is 12.0. The molecule has 1 rings (SSSR count). The van der Waals surface area contributed by atoms with Crippen LogP contribution in [-0.2, 0) is 0 Å². The Morgan fingerprint density at radius 1 is 1.31 bits per heavy atom. The fraction of sp³-hybridized carbons (Fsp3) is 0.917. The Hall–Kier alpha value is -0.800. The van der Waals surface area contributed by atoms with Crippen LogP contribution in [0.4, 0.5) is 4.39 Å². The summed E-state index contributed by atoms with van der Waals surface area (Å²) in [5.41, 5.74) is 0. The van der Waals surface area contributed by atoms with Gasteiger partial charge in [0.2, 0.25) is 0 Å². The summed E-state index contributed by atoms with van der Waals surface area (Å²) in [6, 6.07) is 0. The van der Waals surface area contributed by atoms with Crippen LogP contribution in [0.3, 0.4) is 0 Å². The summed E-state index contributed by atoms with van der Waals surface area (Å²) >= 11 is 0. The van der Waals surface area contributed by atoms with Gasteiger partial charge in [0.1, 0.15) is 6.34 Å². The van der Waals surface area contributed by atoms with Crippen LogP contribution < -0.4 is 0 Å².